The maximum Gasteiger partial charge on any atom is 0.127 e. The minimum Gasteiger partial charge on any atom is -0.489 e. The van der Waals surface area contributed by atoms with E-state index in [0.29, 0.717) is 6.61 Å². The van der Waals surface area contributed by atoms with E-state index in [1.165, 1.54) is 5.57 Å². The molecule has 0 radical (unpaired) electrons. The third-order valence-corrected chi connectivity index (χ3v) is 3.89. The third-order valence-electron chi connectivity index (χ3n) is 3.65. The van der Waals surface area contributed by atoms with Gasteiger partial charge in [-0.3, -0.25) is 4.90 Å². The lowest BCUT2D eigenvalue weighted by molar-refractivity contribution is 0.0746. The van der Waals surface area contributed by atoms with Crippen molar-refractivity contribution in [2.45, 2.75) is 18.9 Å². The second-order valence-electron chi connectivity index (χ2n) is 5.30. The summed E-state index contributed by atoms with van der Waals surface area (Å²) in [7, 11) is 0. The highest BCUT2D eigenvalue weighted by Crippen LogP contribution is 2.29. The van der Waals surface area contributed by atoms with Gasteiger partial charge in [-0.05, 0) is 49.2 Å². The summed E-state index contributed by atoms with van der Waals surface area (Å²) in [5.74, 6) is 0.895. The minimum absolute atomic E-state index is 0.180. The molecular formula is C15H18ClNO2. The van der Waals surface area contributed by atoms with Gasteiger partial charge in [0.1, 0.15) is 12.4 Å². The molecule has 2 aliphatic rings. The van der Waals surface area contributed by atoms with Crippen LogP contribution in [0.3, 0.4) is 0 Å². The Morgan fingerprint density at radius 3 is 3.16 bits per heavy atom. The SMILES string of the molecule is OC1CCCN(CC2=Cc3cc(Cl)ccc3OC2)C1. The number of aliphatic hydroxyl groups excluding tert-OH is 1. The molecule has 1 aromatic carbocycles. The van der Waals surface area contributed by atoms with Crippen molar-refractivity contribution >= 4 is 17.7 Å². The van der Waals surface area contributed by atoms with E-state index in [4.69, 9.17) is 16.3 Å². The highest BCUT2D eigenvalue weighted by atomic mass is 35.5. The molecule has 1 N–H and O–H groups in total. The predicted molar refractivity (Wildman–Crippen MR) is 76.6 cm³/mol. The number of benzene rings is 1. The summed E-state index contributed by atoms with van der Waals surface area (Å²) in [5.41, 5.74) is 2.29. The van der Waals surface area contributed by atoms with E-state index in [-0.39, 0.29) is 6.10 Å². The molecule has 4 heteroatoms. The third kappa shape index (κ3) is 3.11. The average molecular weight is 280 g/mol. The molecule has 1 fully saturated rings. The number of likely N-dealkylation sites (tertiary alicyclic amines) is 1. The van der Waals surface area contributed by atoms with Crippen LogP contribution in [-0.4, -0.2) is 42.4 Å². The number of piperidine rings is 1. The van der Waals surface area contributed by atoms with Gasteiger partial charge in [0.2, 0.25) is 0 Å². The maximum atomic E-state index is 9.69. The standard InChI is InChI=1S/C15H18ClNO2/c16-13-3-4-15-12(7-13)6-11(10-19-15)8-17-5-1-2-14(18)9-17/h3-4,6-7,14,18H,1-2,5,8-10H2. The maximum absolute atomic E-state index is 9.69. The Morgan fingerprint density at radius 1 is 1.42 bits per heavy atom. The van der Waals surface area contributed by atoms with Crippen LogP contribution in [0.1, 0.15) is 18.4 Å². The first-order valence-electron chi connectivity index (χ1n) is 6.73. The Bertz CT molecular complexity index is 501. The molecule has 0 saturated carbocycles. The van der Waals surface area contributed by atoms with Crippen molar-refractivity contribution in [2.24, 2.45) is 0 Å². The van der Waals surface area contributed by atoms with Crippen molar-refractivity contribution < 1.29 is 9.84 Å². The van der Waals surface area contributed by atoms with Gasteiger partial charge in [0.25, 0.3) is 0 Å². The molecule has 1 saturated heterocycles. The fourth-order valence-corrected chi connectivity index (χ4v) is 2.93. The predicted octanol–water partition coefficient (Wildman–Crippen LogP) is 2.57. The molecule has 0 bridgehead atoms. The van der Waals surface area contributed by atoms with Gasteiger partial charge in [0.05, 0.1) is 6.10 Å². The zero-order chi connectivity index (χ0) is 13.2. The summed E-state index contributed by atoms with van der Waals surface area (Å²) in [6, 6.07) is 5.69. The van der Waals surface area contributed by atoms with E-state index < -0.39 is 0 Å². The highest BCUT2D eigenvalue weighted by molar-refractivity contribution is 6.30. The van der Waals surface area contributed by atoms with Gasteiger partial charge in [-0.15, -0.1) is 0 Å². The molecule has 19 heavy (non-hydrogen) atoms. The van der Waals surface area contributed by atoms with Gasteiger partial charge in [0, 0.05) is 23.7 Å². The number of aliphatic hydroxyl groups is 1. The molecule has 0 aliphatic carbocycles. The fourth-order valence-electron chi connectivity index (χ4n) is 2.75. The fraction of sp³-hybridized carbons (Fsp3) is 0.467. The zero-order valence-corrected chi connectivity index (χ0v) is 11.6. The average Bonchev–Trinajstić information content (AvgIpc) is 2.38. The molecule has 2 heterocycles. The van der Waals surface area contributed by atoms with Crippen LogP contribution in [0.25, 0.3) is 6.08 Å². The Labute approximate surface area is 118 Å². The van der Waals surface area contributed by atoms with Crippen molar-refractivity contribution in [3.05, 3.63) is 34.4 Å². The van der Waals surface area contributed by atoms with E-state index in [9.17, 15) is 5.11 Å². The molecule has 1 unspecified atom stereocenters. The first-order valence-corrected chi connectivity index (χ1v) is 7.11. The smallest absolute Gasteiger partial charge is 0.127 e. The first kappa shape index (κ1) is 13.0. The van der Waals surface area contributed by atoms with Crippen LogP contribution in [0.2, 0.25) is 5.02 Å². The molecular weight excluding hydrogens is 262 g/mol. The number of hydrogen-bond donors (Lipinski definition) is 1. The summed E-state index contributed by atoms with van der Waals surface area (Å²) in [6.45, 7) is 3.31. The molecule has 0 amide bonds. The second kappa shape index (κ2) is 5.53. The summed E-state index contributed by atoms with van der Waals surface area (Å²) in [5, 5.41) is 10.4. The number of nitrogens with zero attached hydrogens (tertiary/aromatic N) is 1. The number of rotatable bonds is 2. The lowest BCUT2D eigenvalue weighted by atomic mass is 10.0. The van der Waals surface area contributed by atoms with Crippen LogP contribution in [-0.2, 0) is 0 Å². The quantitative estimate of drug-likeness (QED) is 0.903. The van der Waals surface area contributed by atoms with Gasteiger partial charge < -0.3 is 9.84 Å². The lowest BCUT2D eigenvalue weighted by Gasteiger charge is -2.31. The highest BCUT2D eigenvalue weighted by Gasteiger charge is 2.20. The van der Waals surface area contributed by atoms with Crippen LogP contribution in [0, 0.1) is 0 Å². The van der Waals surface area contributed by atoms with Crippen molar-refractivity contribution in [2.75, 3.05) is 26.2 Å². The Morgan fingerprint density at radius 2 is 2.32 bits per heavy atom. The normalized spacial score (nSPS) is 23.5. The number of hydrogen-bond acceptors (Lipinski definition) is 3. The first-order chi connectivity index (χ1) is 9.20. The number of fused-ring (bicyclic) bond motifs is 1. The van der Waals surface area contributed by atoms with Gasteiger partial charge in [-0.1, -0.05) is 11.6 Å². The van der Waals surface area contributed by atoms with Crippen LogP contribution < -0.4 is 4.74 Å². The second-order valence-corrected chi connectivity index (χ2v) is 5.74. The summed E-state index contributed by atoms with van der Waals surface area (Å²) < 4.78 is 5.74. The van der Waals surface area contributed by atoms with E-state index in [0.717, 1.165) is 48.8 Å². The van der Waals surface area contributed by atoms with Gasteiger partial charge in [0.15, 0.2) is 0 Å². The van der Waals surface area contributed by atoms with Crippen LogP contribution >= 0.6 is 11.6 Å². The van der Waals surface area contributed by atoms with Crippen LogP contribution in [0.5, 0.6) is 5.75 Å². The van der Waals surface area contributed by atoms with Crippen molar-refractivity contribution in [1.82, 2.24) is 4.90 Å². The Kier molecular flexibility index (Phi) is 3.78. The van der Waals surface area contributed by atoms with Gasteiger partial charge in [-0.25, -0.2) is 0 Å². The van der Waals surface area contributed by atoms with Crippen molar-refractivity contribution in [3.8, 4) is 5.75 Å². The van der Waals surface area contributed by atoms with E-state index in [2.05, 4.69) is 11.0 Å². The number of ether oxygens (including phenoxy) is 1. The summed E-state index contributed by atoms with van der Waals surface area (Å²) in [6.07, 6.45) is 3.97. The largest absolute Gasteiger partial charge is 0.489 e. The molecule has 3 nitrogen and oxygen atoms in total. The molecule has 102 valence electrons. The van der Waals surface area contributed by atoms with E-state index >= 15 is 0 Å². The number of β-amino-alcohol motifs (C(OH)–C–C–N with tert-alkyl or cyclic N) is 1. The van der Waals surface area contributed by atoms with Crippen molar-refractivity contribution in [3.63, 3.8) is 0 Å². The topological polar surface area (TPSA) is 32.7 Å². The van der Waals surface area contributed by atoms with Crippen LogP contribution in [0.15, 0.2) is 23.8 Å². The number of halogens is 1. The monoisotopic (exact) mass is 279 g/mol. The molecule has 0 aromatic heterocycles. The molecule has 3 rings (SSSR count). The van der Waals surface area contributed by atoms with Gasteiger partial charge in [-0.2, -0.15) is 0 Å². The zero-order valence-electron chi connectivity index (χ0n) is 10.8. The molecule has 1 atom stereocenters. The van der Waals surface area contributed by atoms with Crippen molar-refractivity contribution in [1.29, 1.82) is 0 Å². The van der Waals surface area contributed by atoms with E-state index in [1.54, 1.807) is 0 Å². The Hall–Kier alpha value is -1.03. The van der Waals surface area contributed by atoms with E-state index in [1.807, 2.05) is 18.2 Å². The summed E-state index contributed by atoms with van der Waals surface area (Å²) >= 11 is 6.01. The molecule has 0 spiro atoms. The Balaban J connectivity index is 1.72. The van der Waals surface area contributed by atoms with Gasteiger partial charge >= 0.3 is 0 Å². The minimum atomic E-state index is -0.180. The molecule has 2 aliphatic heterocycles. The molecule has 1 aromatic rings. The van der Waals surface area contributed by atoms with Crippen LogP contribution in [0.4, 0.5) is 0 Å². The summed E-state index contributed by atoms with van der Waals surface area (Å²) in [4.78, 5) is 2.29. The lowest BCUT2D eigenvalue weighted by Crippen LogP contribution is -2.39.